The van der Waals surface area contributed by atoms with Crippen molar-refractivity contribution in [1.82, 2.24) is 10.3 Å². The van der Waals surface area contributed by atoms with Crippen molar-refractivity contribution in [2.24, 2.45) is 11.8 Å². The molecule has 2 heterocycles. The molecule has 0 bridgehead atoms. The van der Waals surface area contributed by atoms with E-state index in [1.54, 1.807) is 6.07 Å². The van der Waals surface area contributed by atoms with Crippen LogP contribution in [-0.2, 0) is 4.79 Å². The summed E-state index contributed by atoms with van der Waals surface area (Å²) in [4.78, 5) is 16.0. The number of carbonyl (C=O) groups excluding carboxylic acids is 1. The highest BCUT2D eigenvalue weighted by atomic mass is 35.5. The van der Waals surface area contributed by atoms with Gasteiger partial charge in [-0.2, -0.15) is 0 Å². The van der Waals surface area contributed by atoms with Crippen molar-refractivity contribution in [3.05, 3.63) is 21.9 Å². The van der Waals surface area contributed by atoms with Crippen molar-refractivity contribution in [1.29, 1.82) is 0 Å². The minimum absolute atomic E-state index is 0.0318. The molecule has 1 amide bonds. The van der Waals surface area contributed by atoms with Gasteiger partial charge in [-0.25, -0.2) is 4.98 Å². The van der Waals surface area contributed by atoms with Crippen LogP contribution in [0.15, 0.2) is 6.07 Å². The Morgan fingerprint density at radius 2 is 2.22 bits per heavy atom. The van der Waals surface area contributed by atoms with Gasteiger partial charge in [0, 0.05) is 5.92 Å². The summed E-state index contributed by atoms with van der Waals surface area (Å²) < 4.78 is 0. The molecule has 18 heavy (non-hydrogen) atoms. The summed E-state index contributed by atoms with van der Waals surface area (Å²) in [5, 5.41) is 6.54. The van der Waals surface area contributed by atoms with Crippen LogP contribution in [-0.4, -0.2) is 24.0 Å². The number of hydrogen-bond donors (Lipinski definition) is 2. The van der Waals surface area contributed by atoms with Gasteiger partial charge < -0.3 is 10.6 Å². The minimum Gasteiger partial charge on any atom is -0.323 e. The van der Waals surface area contributed by atoms with Gasteiger partial charge in [0.05, 0.1) is 5.69 Å². The largest absolute Gasteiger partial charge is 0.323 e. The summed E-state index contributed by atoms with van der Waals surface area (Å²) in [5.41, 5.74) is 1.36. The molecule has 0 aliphatic carbocycles. The number of carbonyl (C=O) groups is 1. The summed E-state index contributed by atoms with van der Waals surface area (Å²) >= 11 is 11.8. The van der Waals surface area contributed by atoms with E-state index in [1.807, 2.05) is 13.8 Å². The maximum Gasteiger partial charge on any atom is 0.227 e. The molecule has 0 spiro atoms. The third kappa shape index (κ3) is 2.76. The van der Waals surface area contributed by atoms with Gasteiger partial charge in [-0.3, -0.25) is 4.79 Å². The molecule has 0 aromatic carbocycles. The van der Waals surface area contributed by atoms with E-state index >= 15 is 0 Å². The van der Waals surface area contributed by atoms with Gasteiger partial charge in [0.25, 0.3) is 0 Å². The standard InChI is InChI=1S/C12H15Cl2N3O/c1-6-3-9(13)16-11(14)10(6)17-12(18)7(2)8-4-15-5-8/h3,7-8,15H,4-5H2,1-2H3,(H,17,18). The first-order valence-electron chi connectivity index (χ1n) is 5.83. The highest BCUT2D eigenvalue weighted by Gasteiger charge is 2.29. The summed E-state index contributed by atoms with van der Waals surface area (Å²) in [7, 11) is 0. The number of amides is 1. The molecule has 1 aromatic heterocycles. The lowest BCUT2D eigenvalue weighted by molar-refractivity contribution is -0.121. The average molecular weight is 288 g/mol. The van der Waals surface area contributed by atoms with E-state index in [-0.39, 0.29) is 17.0 Å². The van der Waals surface area contributed by atoms with Crippen LogP contribution in [0, 0.1) is 18.8 Å². The Morgan fingerprint density at radius 1 is 1.56 bits per heavy atom. The number of nitrogens with zero attached hydrogens (tertiary/aromatic N) is 1. The number of anilines is 1. The maximum absolute atomic E-state index is 12.1. The Labute approximate surface area is 116 Å². The van der Waals surface area contributed by atoms with Gasteiger partial charge in [-0.15, -0.1) is 0 Å². The van der Waals surface area contributed by atoms with Gasteiger partial charge in [0.15, 0.2) is 5.15 Å². The first-order valence-corrected chi connectivity index (χ1v) is 6.59. The Balaban J connectivity index is 2.11. The topological polar surface area (TPSA) is 54.0 Å². The fourth-order valence-corrected chi connectivity index (χ4v) is 2.44. The minimum atomic E-state index is -0.0441. The molecule has 2 rings (SSSR count). The van der Waals surface area contributed by atoms with Gasteiger partial charge in [-0.1, -0.05) is 30.1 Å². The number of aromatic nitrogens is 1. The highest BCUT2D eigenvalue weighted by molar-refractivity contribution is 6.34. The smallest absolute Gasteiger partial charge is 0.227 e. The van der Waals surface area contributed by atoms with E-state index in [4.69, 9.17) is 23.2 Å². The lowest BCUT2D eigenvalue weighted by atomic mass is 9.88. The van der Waals surface area contributed by atoms with Crippen LogP contribution in [0.3, 0.4) is 0 Å². The van der Waals surface area contributed by atoms with Crippen molar-refractivity contribution in [2.75, 3.05) is 18.4 Å². The SMILES string of the molecule is Cc1cc(Cl)nc(Cl)c1NC(=O)C(C)C1CNC1. The number of aryl methyl sites for hydroxylation is 1. The number of nitrogens with one attached hydrogen (secondary N) is 2. The Bertz CT molecular complexity index is 451. The molecule has 1 unspecified atom stereocenters. The molecular weight excluding hydrogens is 273 g/mol. The fourth-order valence-electron chi connectivity index (χ4n) is 1.86. The number of halogens is 2. The third-order valence-corrected chi connectivity index (χ3v) is 3.79. The Hall–Kier alpha value is -0.840. The molecule has 6 heteroatoms. The highest BCUT2D eigenvalue weighted by Crippen LogP contribution is 2.27. The molecule has 4 nitrogen and oxygen atoms in total. The number of pyridine rings is 1. The molecule has 1 aliphatic rings. The lowest BCUT2D eigenvalue weighted by Crippen LogP contribution is -2.48. The molecular formula is C12H15Cl2N3O. The Morgan fingerprint density at radius 3 is 2.72 bits per heavy atom. The van der Waals surface area contributed by atoms with Crippen LogP contribution in [0.1, 0.15) is 12.5 Å². The van der Waals surface area contributed by atoms with Crippen LogP contribution < -0.4 is 10.6 Å². The normalized spacial score (nSPS) is 17.1. The first kappa shape index (κ1) is 13.6. The van der Waals surface area contributed by atoms with Crippen LogP contribution in [0.2, 0.25) is 10.3 Å². The van der Waals surface area contributed by atoms with E-state index in [1.165, 1.54) is 0 Å². The van der Waals surface area contributed by atoms with Crippen LogP contribution in [0.25, 0.3) is 0 Å². The molecule has 1 aliphatic heterocycles. The monoisotopic (exact) mass is 287 g/mol. The molecule has 1 fully saturated rings. The summed E-state index contributed by atoms with van der Waals surface area (Å²) in [5.74, 6) is 0.317. The molecule has 0 saturated carbocycles. The summed E-state index contributed by atoms with van der Waals surface area (Å²) in [6, 6.07) is 1.68. The molecule has 0 radical (unpaired) electrons. The van der Waals surface area contributed by atoms with Crippen LogP contribution in [0.5, 0.6) is 0 Å². The molecule has 1 saturated heterocycles. The molecule has 98 valence electrons. The average Bonchev–Trinajstić information content (AvgIpc) is 2.20. The van der Waals surface area contributed by atoms with Crippen molar-refractivity contribution in [3.8, 4) is 0 Å². The van der Waals surface area contributed by atoms with Gasteiger partial charge in [0.1, 0.15) is 5.15 Å². The van der Waals surface area contributed by atoms with E-state index in [9.17, 15) is 4.79 Å². The van der Waals surface area contributed by atoms with Gasteiger partial charge in [-0.05, 0) is 37.6 Å². The quantitative estimate of drug-likeness (QED) is 0.840. The van der Waals surface area contributed by atoms with Crippen molar-refractivity contribution in [2.45, 2.75) is 13.8 Å². The van der Waals surface area contributed by atoms with Crippen molar-refractivity contribution >= 4 is 34.8 Å². The van der Waals surface area contributed by atoms with Gasteiger partial charge in [0.2, 0.25) is 5.91 Å². The van der Waals surface area contributed by atoms with E-state index in [0.29, 0.717) is 16.8 Å². The second kappa shape index (κ2) is 5.43. The Kier molecular flexibility index (Phi) is 4.10. The predicted molar refractivity (Wildman–Crippen MR) is 73.1 cm³/mol. The number of hydrogen-bond acceptors (Lipinski definition) is 3. The maximum atomic E-state index is 12.1. The zero-order valence-corrected chi connectivity index (χ0v) is 11.8. The first-order chi connectivity index (χ1) is 8.49. The van der Waals surface area contributed by atoms with E-state index in [0.717, 1.165) is 18.7 Å². The third-order valence-electron chi connectivity index (χ3n) is 3.32. The van der Waals surface area contributed by atoms with Crippen LogP contribution >= 0.6 is 23.2 Å². The van der Waals surface area contributed by atoms with Gasteiger partial charge >= 0.3 is 0 Å². The second-order valence-electron chi connectivity index (χ2n) is 4.62. The van der Waals surface area contributed by atoms with Crippen molar-refractivity contribution < 1.29 is 4.79 Å². The molecule has 1 aromatic rings. The second-order valence-corrected chi connectivity index (χ2v) is 5.37. The summed E-state index contributed by atoms with van der Waals surface area (Å²) in [6.07, 6.45) is 0. The molecule has 1 atom stereocenters. The fraction of sp³-hybridized carbons (Fsp3) is 0.500. The van der Waals surface area contributed by atoms with Crippen molar-refractivity contribution in [3.63, 3.8) is 0 Å². The van der Waals surface area contributed by atoms with E-state index in [2.05, 4.69) is 15.6 Å². The number of rotatable bonds is 3. The van der Waals surface area contributed by atoms with E-state index < -0.39 is 0 Å². The zero-order chi connectivity index (χ0) is 13.3. The summed E-state index contributed by atoms with van der Waals surface area (Å²) in [6.45, 7) is 5.54. The van der Waals surface area contributed by atoms with Crippen LogP contribution in [0.4, 0.5) is 5.69 Å². The lowest BCUT2D eigenvalue weighted by Gasteiger charge is -2.31. The predicted octanol–water partition coefficient (Wildman–Crippen LogP) is 2.49. The molecule has 2 N–H and O–H groups in total. The zero-order valence-electron chi connectivity index (χ0n) is 10.3.